The predicted molar refractivity (Wildman–Crippen MR) is 106 cm³/mol. The zero-order valence-electron chi connectivity index (χ0n) is 15.1. The highest BCUT2D eigenvalue weighted by Crippen LogP contribution is 2.32. The van der Waals surface area contributed by atoms with Gasteiger partial charge in [0.2, 0.25) is 6.10 Å². The van der Waals surface area contributed by atoms with Crippen molar-refractivity contribution in [2.24, 2.45) is 0 Å². The van der Waals surface area contributed by atoms with Gasteiger partial charge in [0.1, 0.15) is 6.61 Å². The number of carbonyl (C=O) groups excluding carboxylic acids is 1. The van der Waals surface area contributed by atoms with E-state index in [0.717, 1.165) is 16.9 Å². The van der Waals surface area contributed by atoms with E-state index >= 15 is 0 Å². The number of amides is 1. The van der Waals surface area contributed by atoms with Gasteiger partial charge < -0.3 is 14.8 Å². The first-order chi connectivity index (χ1) is 13.2. The van der Waals surface area contributed by atoms with Crippen LogP contribution in [0.3, 0.4) is 0 Å². The molecule has 0 spiro atoms. The number of aryl methyl sites for hydroxylation is 1. The Kier molecular flexibility index (Phi) is 5.12. The third kappa shape index (κ3) is 3.83. The lowest BCUT2D eigenvalue weighted by Gasteiger charge is -2.27. The van der Waals surface area contributed by atoms with Crippen molar-refractivity contribution in [1.82, 2.24) is 5.32 Å². The molecule has 3 aromatic rings. The van der Waals surface area contributed by atoms with Crippen molar-refractivity contribution in [2.75, 3.05) is 6.61 Å². The second kappa shape index (κ2) is 7.84. The van der Waals surface area contributed by atoms with E-state index in [1.807, 2.05) is 41.8 Å². The van der Waals surface area contributed by atoms with E-state index in [4.69, 9.17) is 9.47 Å². The molecule has 2 heterocycles. The van der Waals surface area contributed by atoms with E-state index in [1.54, 1.807) is 11.3 Å². The average molecular weight is 379 g/mol. The Morgan fingerprint density at radius 3 is 2.59 bits per heavy atom. The molecule has 1 amide bonds. The molecule has 0 aliphatic carbocycles. The van der Waals surface area contributed by atoms with Crippen LogP contribution in [0, 0.1) is 0 Å². The van der Waals surface area contributed by atoms with Gasteiger partial charge in [-0.2, -0.15) is 0 Å². The minimum absolute atomic E-state index is 0.178. The van der Waals surface area contributed by atoms with E-state index in [1.165, 1.54) is 5.56 Å². The molecule has 2 aromatic carbocycles. The Balaban J connectivity index is 1.54. The fourth-order valence-corrected chi connectivity index (χ4v) is 3.91. The fraction of sp³-hybridized carbons (Fsp3) is 0.227. The molecule has 1 aromatic heterocycles. The number of ether oxygens (including phenoxy) is 2. The second-order valence-corrected chi connectivity index (χ2v) is 7.40. The van der Waals surface area contributed by atoms with E-state index in [9.17, 15) is 4.79 Å². The smallest absolute Gasteiger partial charge is 0.265 e. The Bertz CT molecular complexity index is 906. The first-order valence-corrected chi connectivity index (χ1v) is 9.93. The predicted octanol–water partition coefficient (Wildman–Crippen LogP) is 4.36. The molecule has 0 saturated heterocycles. The van der Waals surface area contributed by atoms with Gasteiger partial charge in [-0.1, -0.05) is 49.4 Å². The van der Waals surface area contributed by atoms with Gasteiger partial charge in [0.05, 0.1) is 6.04 Å². The largest absolute Gasteiger partial charge is 0.485 e. The summed E-state index contributed by atoms with van der Waals surface area (Å²) in [6, 6.07) is 19.6. The van der Waals surface area contributed by atoms with Crippen LogP contribution < -0.4 is 14.8 Å². The highest BCUT2D eigenvalue weighted by molar-refractivity contribution is 7.10. The number of hydrogen-bond acceptors (Lipinski definition) is 4. The molecule has 1 N–H and O–H groups in total. The maximum atomic E-state index is 12.9. The van der Waals surface area contributed by atoms with E-state index in [-0.39, 0.29) is 18.6 Å². The number of para-hydroxylation sites is 2. The van der Waals surface area contributed by atoms with Crippen LogP contribution in [0.2, 0.25) is 0 Å². The van der Waals surface area contributed by atoms with Gasteiger partial charge in [-0.3, -0.25) is 4.79 Å². The zero-order chi connectivity index (χ0) is 18.6. The Morgan fingerprint density at radius 2 is 1.89 bits per heavy atom. The summed E-state index contributed by atoms with van der Waals surface area (Å²) >= 11 is 1.63. The Hall–Kier alpha value is -2.79. The molecule has 0 radical (unpaired) electrons. The number of fused-ring (bicyclic) bond motifs is 1. The van der Waals surface area contributed by atoms with Crippen LogP contribution in [0.15, 0.2) is 66.0 Å². The Labute approximate surface area is 162 Å². The summed E-state index contributed by atoms with van der Waals surface area (Å²) in [6.45, 7) is 2.33. The molecule has 0 unspecified atom stereocenters. The molecule has 0 fully saturated rings. The molecule has 4 nitrogen and oxygen atoms in total. The van der Waals surface area contributed by atoms with Crippen molar-refractivity contribution in [2.45, 2.75) is 25.5 Å². The molecule has 27 heavy (non-hydrogen) atoms. The third-order valence-corrected chi connectivity index (χ3v) is 5.57. The lowest BCUT2D eigenvalue weighted by molar-refractivity contribution is -0.130. The van der Waals surface area contributed by atoms with Crippen LogP contribution in [0.25, 0.3) is 0 Å². The molecule has 5 heteroatoms. The van der Waals surface area contributed by atoms with Gasteiger partial charge in [0.15, 0.2) is 11.5 Å². The minimum atomic E-state index is -0.669. The van der Waals surface area contributed by atoms with Crippen LogP contribution in [0.4, 0.5) is 0 Å². The molecule has 0 saturated carbocycles. The molecule has 2 atom stereocenters. The number of benzene rings is 2. The number of carbonyl (C=O) groups is 1. The quantitative estimate of drug-likeness (QED) is 0.717. The summed E-state index contributed by atoms with van der Waals surface area (Å²) in [6.07, 6.45) is 0.320. The van der Waals surface area contributed by atoms with Crippen molar-refractivity contribution in [3.05, 3.63) is 82.0 Å². The number of rotatable bonds is 5. The molecular formula is C22H21NO3S. The van der Waals surface area contributed by atoms with Crippen LogP contribution in [-0.4, -0.2) is 18.6 Å². The summed E-state index contributed by atoms with van der Waals surface area (Å²) in [5, 5.41) is 5.16. The summed E-state index contributed by atoms with van der Waals surface area (Å²) < 4.78 is 11.5. The SMILES string of the molecule is CCc1ccc([C@H](NC(=O)[C@@H]2COc3ccccc3O2)c2cccs2)cc1. The third-order valence-electron chi connectivity index (χ3n) is 4.64. The minimum Gasteiger partial charge on any atom is -0.485 e. The molecule has 1 aliphatic heterocycles. The van der Waals surface area contributed by atoms with Gasteiger partial charge in [0, 0.05) is 4.88 Å². The van der Waals surface area contributed by atoms with Crippen LogP contribution >= 0.6 is 11.3 Å². The standard InChI is InChI=1S/C22H21NO3S/c1-2-15-9-11-16(12-10-15)21(20-8-5-13-27-20)23-22(24)19-14-25-17-6-3-4-7-18(17)26-19/h3-13,19,21H,2,14H2,1H3,(H,23,24)/t19-,21-/m0/s1. The van der Waals surface area contributed by atoms with E-state index in [2.05, 4.69) is 36.5 Å². The van der Waals surface area contributed by atoms with Crippen molar-refractivity contribution in [1.29, 1.82) is 0 Å². The lowest BCUT2D eigenvalue weighted by atomic mass is 10.0. The van der Waals surface area contributed by atoms with Crippen LogP contribution in [0.5, 0.6) is 11.5 Å². The van der Waals surface area contributed by atoms with Crippen molar-refractivity contribution < 1.29 is 14.3 Å². The Morgan fingerprint density at radius 1 is 1.11 bits per heavy atom. The maximum Gasteiger partial charge on any atom is 0.265 e. The monoisotopic (exact) mass is 379 g/mol. The van der Waals surface area contributed by atoms with E-state index < -0.39 is 6.10 Å². The summed E-state index contributed by atoms with van der Waals surface area (Å²) in [4.78, 5) is 14.0. The average Bonchev–Trinajstić information content (AvgIpc) is 3.26. The van der Waals surface area contributed by atoms with Crippen LogP contribution in [0.1, 0.15) is 29.0 Å². The van der Waals surface area contributed by atoms with Crippen molar-refractivity contribution >= 4 is 17.2 Å². The molecule has 138 valence electrons. The molecule has 1 aliphatic rings. The summed E-state index contributed by atoms with van der Waals surface area (Å²) in [5.74, 6) is 1.10. The van der Waals surface area contributed by atoms with Gasteiger partial charge in [-0.05, 0) is 41.1 Å². The van der Waals surface area contributed by atoms with Crippen LogP contribution in [-0.2, 0) is 11.2 Å². The van der Waals surface area contributed by atoms with Gasteiger partial charge >= 0.3 is 0 Å². The normalized spacial score (nSPS) is 16.6. The first-order valence-electron chi connectivity index (χ1n) is 9.05. The molecular weight excluding hydrogens is 358 g/mol. The summed E-state index contributed by atoms with van der Waals surface area (Å²) in [5.41, 5.74) is 2.33. The zero-order valence-corrected chi connectivity index (χ0v) is 15.9. The molecule has 4 rings (SSSR count). The van der Waals surface area contributed by atoms with Gasteiger partial charge in [-0.25, -0.2) is 0 Å². The topological polar surface area (TPSA) is 47.6 Å². The highest BCUT2D eigenvalue weighted by atomic mass is 32.1. The van der Waals surface area contributed by atoms with E-state index in [0.29, 0.717) is 11.5 Å². The number of thiophene rings is 1. The number of nitrogens with one attached hydrogen (secondary N) is 1. The van der Waals surface area contributed by atoms with Crippen molar-refractivity contribution in [3.63, 3.8) is 0 Å². The highest BCUT2D eigenvalue weighted by Gasteiger charge is 2.29. The summed E-state index contributed by atoms with van der Waals surface area (Å²) in [7, 11) is 0. The number of hydrogen-bond donors (Lipinski definition) is 1. The lowest BCUT2D eigenvalue weighted by Crippen LogP contribution is -2.45. The van der Waals surface area contributed by atoms with Gasteiger partial charge in [0.25, 0.3) is 5.91 Å². The van der Waals surface area contributed by atoms with Crippen molar-refractivity contribution in [3.8, 4) is 11.5 Å². The first kappa shape index (κ1) is 17.6. The second-order valence-electron chi connectivity index (χ2n) is 6.42. The van der Waals surface area contributed by atoms with Gasteiger partial charge in [-0.15, -0.1) is 11.3 Å². The molecule has 0 bridgehead atoms. The fourth-order valence-electron chi connectivity index (χ4n) is 3.10. The maximum absolute atomic E-state index is 12.9.